The molecule has 1 aromatic heterocycles. The van der Waals surface area contributed by atoms with Gasteiger partial charge in [0.1, 0.15) is 5.75 Å². The molecule has 4 aromatic rings. The zero-order chi connectivity index (χ0) is 22.3. The Labute approximate surface area is 191 Å². The van der Waals surface area contributed by atoms with E-state index in [1.807, 2.05) is 85.8 Å². The van der Waals surface area contributed by atoms with Crippen molar-refractivity contribution in [3.8, 4) is 22.7 Å². The molecule has 7 heteroatoms. The Kier molecular flexibility index (Phi) is 6.63. The third-order valence-corrected chi connectivity index (χ3v) is 5.15. The average molecular weight is 445 g/mol. The quantitative estimate of drug-likeness (QED) is 0.321. The first kappa shape index (κ1) is 21.3. The molecule has 0 aliphatic heterocycles. The Bertz CT molecular complexity index is 1240. The van der Waals surface area contributed by atoms with Gasteiger partial charge in [-0.15, -0.1) is 0 Å². The van der Waals surface area contributed by atoms with E-state index in [0.29, 0.717) is 10.8 Å². The summed E-state index contributed by atoms with van der Waals surface area (Å²) in [5.41, 5.74) is 6.66. The molecule has 0 atom stereocenters. The highest BCUT2D eigenvalue weighted by Crippen LogP contribution is 2.35. The molecule has 0 unspecified atom stereocenters. The summed E-state index contributed by atoms with van der Waals surface area (Å²) in [7, 11) is 0. The first-order valence-electron chi connectivity index (χ1n) is 10.0. The molecule has 0 bridgehead atoms. The molecule has 0 saturated carbocycles. The van der Waals surface area contributed by atoms with E-state index < -0.39 is 0 Å². The van der Waals surface area contributed by atoms with Crippen molar-refractivity contribution in [1.29, 1.82) is 0 Å². The lowest BCUT2D eigenvalue weighted by molar-refractivity contribution is -0.123. The highest BCUT2D eigenvalue weighted by Gasteiger charge is 2.16. The molecule has 0 saturated heterocycles. The van der Waals surface area contributed by atoms with Crippen LogP contribution < -0.4 is 10.2 Å². The second kappa shape index (κ2) is 9.94. The number of para-hydroxylation sites is 1. The molecule has 0 fully saturated rings. The van der Waals surface area contributed by atoms with Crippen LogP contribution in [0.25, 0.3) is 16.9 Å². The summed E-state index contributed by atoms with van der Waals surface area (Å²) >= 11 is 6.41. The topological polar surface area (TPSA) is 68.5 Å². The van der Waals surface area contributed by atoms with Gasteiger partial charge in [-0.05, 0) is 48.4 Å². The number of ether oxygens (including phenoxy) is 1. The number of aromatic nitrogens is 2. The van der Waals surface area contributed by atoms with Crippen LogP contribution in [0.4, 0.5) is 0 Å². The maximum Gasteiger partial charge on any atom is 0.277 e. The van der Waals surface area contributed by atoms with Crippen LogP contribution in [-0.2, 0) is 4.79 Å². The van der Waals surface area contributed by atoms with Gasteiger partial charge in [-0.2, -0.15) is 10.2 Å². The van der Waals surface area contributed by atoms with Crippen molar-refractivity contribution in [2.24, 2.45) is 5.10 Å². The first-order valence-corrected chi connectivity index (χ1v) is 10.4. The lowest BCUT2D eigenvalue weighted by Gasteiger charge is -2.15. The average Bonchev–Trinajstić information content (AvgIpc) is 3.30. The van der Waals surface area contributed by atoms with Crippen LogP contribution in [-0.4, -0.2) is 28.5 Å². The maximum atomic E-state index is 12.3. The number of carbonyl (C=O) groups excluding carboxylic acids is 1. The number of nitrogens with zero attached hydrogens (tertiary/aromatic N) is 3. The van der Waals surface area contributed by atoms with Gasteiger partial charge >= 0.3 is 0 Å². The molecule has 0 spiro atoms. The van der Waals surface area contributed by atoms with Crippen LogP contribution in [0, 0.1) is 6.92 Å². The zero-order valence-electron chi connectivity index (χ0n) is 17.4. The predicted molar refractivity (Wildman–Crippen MR) is 126 cm³/mol. The van der Waals surface area contributed by atoms with E-state index in [9.17, 15) is 4.79 Å². The van der Waals surface area contributed by atoms with E-state index >= 15 is 0 Å². The molecule has 1 amide bonds. The lowest BCUT2D eigenvalue weighted by Crippen LogP contribution is -2.24. The summed E-state index contributed by atoms with van der Waals surface area (Å²) in [5.74, 6) is 0.166. The summed E-state index contributed by atoms with van der Waals surface area (Å²) in [6.07, 6.45) is 3.29. The largest absolute Gasteiger partial charge is 0.483 e. The van der Waals surface area contributed by atoms with Crippen molar-refractivity contribution >= 4 is 23.7 Å². The van der Waals surface area contributed by atoms with Gasteiger partial charge in [0.2, 0.25) is 0 Å². The van der Waals surface area contributed by atoms with E-state index in [2.05, 4.69) is 15.6 Å². The number of hydrazone groups is 1. The van der Waals surface area contributed by atoms with Gasteiger partial charge < -0.3 is 4.74 Å². The summed E-state index contributed by atoms with van der Waals surface area (Å²) < 4.78 is 7.67. The van der Waals surface area contributed by atoms with Crippen LogP contribution in [0.3, 0.4) is 0 Å². The number of halogens is 1. The van der Waals surface area contributed by atoms with Crippen molar-refractivity contribution in [3.05, 3.63) is 101 Å². The Morgan fingerprint density at radius 1 is 1.09 bits per heavy atom. The summed E-state index contributed by atoms with van der Waals surface area (Å²) in [6.45, 7) is 1.69. The van der Waals surface area contributed by atoms with Gasteiger partial charge in [-0.3, -0.25) is 4.79 Å². The number of rotatable bonds is 7. The fraction of sp³-hybridized carbons (Fsp3) is 0.0800. The molecular weight excluding hydrogens is 424 g/mol. The molecule has 1 N–H and O–H groups in total. The molecule has 6 nitrogen and oxygen atoms in total. The fourth-order valence-electron chi connectivity index (χ4n) is 3.15. The van der Waals surface area contributed by atoms with Crippen LogP contribution >= 0.6 is 11.6 Å². The third kappa shape index (κ3) is 5.04. The summed E-state index contributed by atoms with van der Waals surface area (Å²) in [6, 6.07) is 24.8. The van der Waals surface area contributed by atoms with Gasteiger partial charge in [0.05, 0.1) is 23.8 Å². The van der Waals surface area contributed by atoms with Gasteiger partial charge in [0, 0.05) is 10.6 Å². The number of benzene rings is 3. The Balaban J connectivity index is 1.53. The highest BCUT2D eigenvalue weighted by molar-refractivity contribution is 6.31. The van der Waals surface area contributed by atoms with Crippen LogP contribution in [0.5, 0.6) is 5.75 Å². The molecule has 0 aliphatic rings. The maximum absolute atomic E-state index is 12.3. The standard InChI is InChI=1S/C25H21ClN4O2/c1-18-14-24(32-17-25(31)29-27-16-19-8-4-2-5-9-19)21(15-22(18)26)23-12-13-28-30(23)20-10-6-3-7-11-20/h2-16H,17H2,1H3,(H,29,31)/b27-16+. The Morgan fingerprint density at radius 3 is 2.56 bits per heavy atom. The van der Waals surface area contributed by atoms with E-state index in [4.69, 9.17) is 16.3 Å². The molecule has 32 heavy (non-hydrogen) atoms. The summed E-state index contributed by atoms with van der Waals surface area (Å²) in [4.78, 5) is 12.3. The monoisotopic (exact) mass is 444 g/mol. The van der Waals surface area contributed by atoms with E-state index in [-0.39, 0.29) is 12.5 Å². The minimum absolute atomic E-state index is 0.195. The second-order valence-corrected chi connectivity index (χ2v) is 7.46. The van der Waals surface area contributed by atoms with Crippen molar-refractivity contribution in [2.75, 3.05) is 6.61 Å². The number of amides is 1. The van der Waals surface area contributed by atoms with Gasteiger partial charge in [0.15, 0.2) is 6.61 Å². The SMILES string of the molecule is Cc1cc(OCC(=O)N/N=C/c2ccccc2)c(-c2ccnn2-c2ccccc2)cc1Cl. The first-order chi connectivity index (χ1) is 15.6. The second-order valence-electron chi connectivity index (χ2n) is 7.05. The molecular formula is C25H21ClN4O2. The van der Waals surface area contributed by atoms with Crippen molar-refractivity contribution < 1.29 is 9.53 Å². The van der Waals surface area contributed by atoms with Gasteiger partial charge in [0.25, 0.3) is 5.91 Å². The normalized spacial score (nSPS) is 10.9. The molecule has 160 valence electrons. The van der Waals surface area contributed by atoms with Crippen LogP contribution in [0.15, 0.2) is 90.2 Å². The van der Waals surface area contributed by atoms with Crippen LogP contribution in [0.1, 0.15) is 11.1 Å². The molecule has 0 radical (unpaired) electrons. The number of aryl methyl sites for hydroxylation is 1. The lowest BCUT2D eigenvalue weighted by atomic mass is 10.1. The number of nitrogens with one attached hydrogen (secondary N) is 1. The van der Waals surface area contributed by atoms with Crippen LogP contribution in [0.2, 0.25) is 5.02 Å². The fourth-order valence-corrected chi connectivity index (χ4v) is 3.31. The highest BCUT2D eigenvalue weighted by atomic mass is 35.5. The summed E-state index contributed by atoms with van der Waals surface area (Å²) in [5, 5.41) is 9.01. The smallest absolute Gasteiger partial charge is 0.277 e. The zero-order valence-corrected chi connectivity index (χ0v) is 18.2. The van der Waals surface area contributed by atoms with Crippen molar-refractivity contribution in [2.45, 2.75) is 6.92 Å². The minimum atomic E-state index is -0.368. The number of carbonyl (C=O) groups is 1. The minimum Gasteiger partial charge on any atom is -0.483 e. The van der Waals surface area contributed by atoms with Crippen molar-refractivity contribution in [3.63, 3.8) is 0 Å². The molecule has 3 aromatic carbocycles. The third-order valence-electron chi connectivity index (χ3n) is 4.74. The van der Waals surface area contributed by atoms with Gasteiger partial charge in [-0.25, -0.2) is 10.1 Å². The Hall–Kier alpha value is -3.90. The number of hydrogen-bond donors (Lipinski definition) is 1. The predicted octanol–water partition coefficient (Wildman–Crippen LogP) is 5.03. The van der Waals surface area contributed by atoms with Gasteiger partial charge in [-0.1, -0.05) is 60.1 Å². The van der Waals surface area contributed by atoms with Crippen molar-refractivity contribution in [1.82, 2.24) is 15.2 Å². The Morgan fingerprint density at radius 2 is 1.81 bits per heavy atom. The van der Waals surface area contributed by atoms with E-state index in [1.165, 1.54) is 0 Å². The van der Waals surface area contributed by atoms with E-state index in [1.54, 1.807) is 17.1 Å². The molecule has 4 rings (SSSR count). The van der Waals surface area contributed by atoms with E-state index in [0.717, 1.165) is 28.1 Å². The molecule has 0 aliphatic carbocycles. The number of hydrogen-bond acceptors (Lipinski definition) is 4. The molecule has 1 heterocycles.